The largest absolute Gasteiger partial charge is 0.491 e. The highest BCUT2D eigenvalue weighted by Gasteiger charge is 2.15. The van der Waals surface area contributed by atoms with Gasteiger partial charge in [-0.2, -0.15) is 0 Å². The third-order valence-corrected chi connectivity index (χ3v) is 3.12. The van der Waals surface area contributed by atoms with Gasteiger partial charge in [-0.3, -0.25) is 0 Å². The summed E-state index contributed by atoms with van der Waals surface area (Å²) in [5, 5.41) is 1.09. The van der Waals surface area contributed by atoms with Crippen molar-refractivity contribution in [3.63, 3.8) is 0 Å². The molecule has 0 N–H and O–H groups in total. The molecule has 2 aromatic rings. The van der Waals surface area contributed by atoms with Gasteiger partial charge in [-0.1, -0.05) is 18.2 Å². The quantitative estimate of drug-likeness (QED) is 0.846. The molecule has 0 amide bonds. The van der Waals surface area contributed by atoms with Crippen molar-refractivity contribution in [1.82, 2.24) is 4.98 Å². The fraction of sp³-hybridized carbons (Fsp3) is 0.400. The average Bonchev–Trinajstić information content (AvgIpc) is 2.92. The summed E-state index contributed by atoms with van der Waals surface area (Å²) in [5.41, 5.74) is 1.90. The second-order valence-corrected chi connectivity index (χ2v) is 4.59. The Hall–Kier alpha value is -1.65. The molecule has 19 heavy (non-hydrogen) atoms. The molecule has 0 unspecified atom stereocenters. The molecule has 0 aliphatic carbocycles. The Morgan fingerprint density at radius 2 is 2.05 bits per heavy atom. The van der Waals surface area contributed by atoms with Gasteiger partial charge < -0.3 is 14.2 Å². The lowest BCUT2D eigenvalue weighted by atomic mass is 10.2. The first kappa shape index (κ1) is 12.4. The molecular weight excluding hydrogens is 242 g/mol. The Morgan fingerprint density at radius 1 is 1.21 bits per heavy atom. The van der Waals surface area contributed by atoms with Crippen LogP contribution in [0.25, 0.3) is 10.9 Å². The van der Waals surface area contributed by atoms with Gasteiger partial charge in [-0.15, -0.1) is 0 Å². The first-order valence-corrected chi connectivity index (χ1v) is 6.55. The molecule has 100 valence electrons. The average molecular weight is 259 g/mol. The number of para-hydroxylation sites is 1. The van der Waals surface area contributed by atoms with Crippen molar-refractivity contribution in [2.75, 3.05) is 19.8 Å². The highest BCUT2D eigenvalue weighted by molar-refractivity contribution is 5.84. The molecule has 3 rings (SSSR count). The number of pyridine rings is 1. The molecule has 0 spiro atoms. The standard InChI is InChI=1S/C15H17NO3/c1-11-5-6-12-3-2-4-13(15(12)16-11)17-8-7-14-18-9-10-19-14/h2-6,14H,7-10H2,1H3. The maximum absolute atomic E-state index is 5.81. The minimum Gasteiger partial charge on any atom is -0.491 e. The summed E-state index contributed by atoms with van der Waals surface area (Å²) < 4.78 is 16.6. The van der Waals surface area contributed by atoms with Gasteiger partial charge in [-0.25, -0.2) is 4.98 Å². The van der Waals surface area contributed by atoms with Crippen LogP contribution in [0.2, 0.25) is 0 Å². The van der Waals surface area contributed by atoms with Crippen molar-refractivity contribution in [2.24, 2.45) is 0 Å². The zero-order chi connectivity index (χ0) is 13.1. The van der Waals surface area contributed by atoms with Gasteiger partial charge in [0.2, 0.25) is 0 Å². The van der Waals surface area contributed by atoms with Gasteiger partial charge in [0.15, 0.2) is 6.29 Å². The molecule has 1 aromatic carbocycles. The Bertz CT molecular complexity index is 564. The van der Waals surface area contributed by atoms with E-state index in [1.807, 2.05) is 31.2 Å². The van der Waals surface area contributed by atoms with Crippen LogP contribution in [-0.4, -0.2) is 31.1 Å². The Morgan fingerprint density at radius 3 is 2.89 bits per heavy atom. The normalized spacial score (nSPS) is 16.1. The van der Waals surface area contributed by atoms with E-state index in [4.69, 9.17) is 14.2 Å². The zero-order valence-electron chi connectivity index (χ0n) is 11.0. The van der Waals surface area contributed by atoms with E-state index in [-0.39, 0.29) is 6.29 Å². The molecule has 0 radical (unpaired) electrons. The third kappa shape index (κ3) is 2.85. The zero-order valence-corrected chi connectivity index (χ0v) is 11.0. The highest BCUT2D eigenvalue weighted by Crippen LogP contribution is 2.24. The lowest BCUT2D eigenvalue weighted by molar-refractivity contribution is -0.0530. The van der Waals surface area contributed by atoms with E-state index in [9.17, 15) is 0 Å². The number of aromatic nitrogens is 1. The van der Waals surface area contributed by atoms with Gasteiger partial charge in [0.1, 0.15) is 11.3 Å². The molecule has 1 aromatic heterocycles. The smallest absolute Gasteiger partial charge is 0.161 e. The van der Waals surface area contributed by atoms with E-state index in [0.29, 0.717) is 19.8 Å². The predicted octanol–water partition coefficient (Wildman–Crippen LogP) is 2.69. The Kier molecular flexibility index (Phi) is 3.62. The van der Waals surface area contributed by atoms with E-state index in [1.165, 1.54) is 0 Å². The molecule has 0 atom stereocenters. The number of benzene rings is 1. The highest BCUT2D eigenvalue weighted by atomic mass is 16.7. The van der Waals surface area contributed by atoms with E-state index in [1.54, 1.807) is 0 Å². The van der Waals surface area contributed by atoms with E-state index in [0.717, 1.165) is 28.8 Å². The number of hydrogen-bond donors (Lipinski definition) is 0. The van der Waals surface area contributed by atoms with Gasteiger partial charge in [0.25, 0.3) is 0 Å². The van der Waals surface area contributed by atoms with Crippen molar-refractivity contribution < 1.29 is 14.2 Å². The molecule has 2 heterocycles. The van der Waals surface area contributed by atoms with Crippen molar-refractivity contribution >= 4 is 10.9 Å². The van der Waals surface area contributed by atoms with Crippen LogP contribution < -0.4 is 4.74 Å². The van der Waals surface area contributed by atoms with Crippen LogP contribution in [-0.2, 0) is 9.47 Å². The van der Waals surface area contributed by atoms with Crippen LogP contribution in [0.4, 0.5) is 0 Å². The monoisotopic (exact) mass is 259 g/mol. The minimum absolute atomic E-state index is 0.121. The fourth-order valence-electron chi connectivity index (χ4n) is 2.17. The molecule has 1 aliphatic rings. The Balaban J connectivity index is 1.71. The van der Waals surface area contributed by atoms with E-state index < -0.39 is 0 Å². The lowest BCUT2D eigenvalue weighted by Crippen LogP contribution is -2.12. The summed E-state index contributed by atoms with van der Waals surface area (Å²) in [7, 11) is 0. The van der Waals surface area contributed by atoms with Crippen molar-refractivity contribution in [3.05, 3.63) is 36.0 Å². The van der Waals surface area contributed by atoms with Gasteiger partial charge in [0.05, 0.1) is 19.8 Å². The van der Waals surface area contributed by atoms with E-state index in [2.05, 4.69) is 11.1 Å². The number of hydrogen-bond acceptors (Lipinski definition) is 4. The molecule has 1 aliphatic heterocycles. The van der Waals surface area contributed by atoms with Gasteiger partial charge in [0, 0.05) is 17.5 Å². The lowest BCUT2D eigenvalue weighted by Gasteiger charge is -2.11. The van der Waals surface area contributed by atoms with Crippen LogP contribution in [0.3, 0.4) is 0 Å². The number of fused-ring (bicyclic) bond motifs is 1. The van der Waals surface area contributed by atoms with E-state index >= 15 is 0 Å². The fourth-order valence-corrected chi connectivity index (χ4v) is 2.17. The maximum Gasteiger partial charge on any atom is 0.161 e. The maximum atomic E-state index is 5.81. The SMILES string of the molecule is Cc1ccc2cccc(OCCC3OCCO3)c2n1. The Labute approximate surface area is 112 Å². The molecule has 1 fully saturated rings. The summed E-state index contributed by atoms with van der Waals surface area (Å²) in [6.07, 6.45) is 0.618. The van der Waals surface area contributed by atoms with Crippen molar-refractivity contribution in [1.29, 1.82) is 0 Å². The molecule has 4 nitrogen and oxygen atoms in total. The second-order valence-electron chi connectivity index (χ2n) is 4.59. The summed E-state index contributed by atoms with van der Waals surface area (Å²) in [6.45, 7) is 3.91. The second kappa shape index (κ2) is 5.55. The van der Waals surface area contributed by atoms with Crippen molar-refractivity contribution in [3.8, 4) is 5.75 Å². The molecule has 4 heteroatoms. The summed E-state index contributed by atoms with van der Waals surface area (Å²) in [6, 6.07) is 10.0. The minimum atomic E-state index is -0.121. The van der Waals surface area contributed by atoms with Gasteiger partial charge in [-0.05, 0) is 19.1 Å². The van der Waals surface area contributed by atoms with Crippen LogP contribution in [0.5, 0.6) is 5.75 Å². The number of nitrogens with zero attached hydrogens (tertiary/aromatic N) is 1. The predicted molar refractivity (Wildman–Crippen MR) is 72.3 cm³/mol. The topological polar surface area (TPSA) is 40.6 Å². The number of aryl methyl sites for hydroxylation is 1. The summed E-state index contributed by atoms with van der Waals surface area (Å²) in [5.74, 6) is 0.819. The number of ether oxygens (including phenoxy) is 3. The molecule has 1 saturated heterocycles. The first-order chi connectivity index (χ1) is 9.33. The van der Waals surface area contributed by atoms with Crippen LogP contribution >= 0.6 is 0 Å². The molecule has 0 saturated carbocycles. The third-order valence-electron chi connectivity index (χ3n) is 3.12. The van der Waals surface area contributed by atoms with Crippen LogP contribution in [0, 0.1) is 6.92 Å². The molecular formula is C15H17NO3. The first-order valence-electron chi connectivity index (χ1n) is 6.55. The van der Waals surface area contributed by atoms with Crippen LogP contribution in [0.15, 0.2) is 30.3 Å². The van der Waals surface area contributed by atoms with Crippen molar-refractivity contribution in [2.45, 2.75) is 19.6 Å². The number of rotatable bonds is 4. The summed E-state index contributed by atoms with van der Waals surface area (Å²) >= 11 is 0. The molecule has 0 bridgehead atoms. The van der Waals surface area contributed by atoms with Crippen LogP contribution in [0.1, 0.15) is 12.1 Å². The summed E-state index contributed by atoms with van der Waals surface area (Å²) in [4.78, 5) is 4.54. The van der Waals surface area contributed by atoms with Gasteiger partial charge >= 0.3 is 0 Å².